The van der Waals surface area contributed by atoms with Crippen LogP contribution in [0.25, 0.3) is 0 Å². The zero-order chi connectivity index (χ0) is 23.6. The van der Waals surface area contributed by atoms with Crippen LogP contribution in [0.3, 0.4) is 0 Å². The first-order valence-electron chi connectivity index (χ1n) is 10.5. The first kappa shape index (κ1) is 25.3. The number of carbonyl (C=O) groups is 3. The summed E-state index contributed by atoms with van der Waals surface area (Å²) in [4.78, 5) is 40.6. The first-order valence-corrected chi connectivity index (χ1v) is 11.6. The maximum Gasteiger partial charge on any atom is 0.410 e. The number of urea groups is 1. The molecule has 0 spiro atoms. The number of ether oxygens (including phenoxy) is 1. The molecule has 1 unspecified atom stereocenters. The molecular formula is C22H31N5O4S. The van der Waals surface area contributed by atoms with Crippen LogP contribution in [0.4, 0.5) is 9.59 Å². The van der Waals surface area contributed by atoms with E-state index in [2.05, 4.69) is 10.6 Å². The molecule has 0 aliphatic carbocycles. The number of benzene rings is 1. The van der Waals surface area contributed by atoms with Crippen molar-refractivity contribution >= 4 is 29.8 Å². The second-order valence-electron chi connectivity index (χ2n) is 8.33. The SMILES string of the molecule is CC(C)(C)OC(=O)N1CCN(C(=O)NC(CSCc2ccccc2)C(=O)NCC#N)CC1. The Morgan fingerprint density at radius 2 is 1.75 bits per heavy atom. The molecule has 0 aromatic heterocycles. The van der Waals surface area contributed by atoms with E-state index in [9.17, 15) is 14.4 Å². The van der Waals surface area contributed by atoms with Crippen molar-refractivity contribution in [3.8, 4) is 6.07 Å². The summed E-state index contributed by atoms with van der Waals surface area (Å²) in [5.41, 5.74) is 0.547. The molecule has 4 amide bonds. The number of hydrogen-bond donors (Lipinski definition) is 2. The average molecular weight is 462 g/mol. The molecule has 1 aliphatic rings. The number of nitriles is 1. The summed E-state index contributed by atoms with van der Waals surface area (Å²) in [6.45, 7) is 6.70. The molecule has 1 aromatic carbocycles. The van der Waals surface area contributed by atoms with Gasteiger partial charge in [-0.15, -0.1) is 0 Å². The minimum atomic E-state index is -0.770. The summed E-state index contributed by atoms with van der Waals surface area (Å²) in [5, 5.41) is 14.0. The van der Waals surface area contributed by atoms with Crippen LogP contribution in [0.15, 0.2) is 30.3 Å². The first-order chi connectivity index (χ1) is 15.2. The van der Waals surface area contributed by atoms with E-state index in [1.165, 1.54) is 11.8 Å². The van der Waals surface area contributed by atoms with Gasteiger partial charge in [0.25, 0.3) is 0 Å². The highest BCUT2D eigenvalue weighted by atomic mass is 32.2. The highest BCUT2D eigenvalue weighted by Crippen LogP contribution is 2.14. The predicted molar refractivity (Wildman–Crippen MR) is 123 cm³/mol. The highest BCUT2D eigenvalue weighted by Gasteiger charge is 2.29. The number of rotatable bonds is 7. The van der Waals surface area contributed by atoms with Gasteiger partial charge in [-0.05, 0) is 26.3 Å². The Balaban J connectivity index is 1.88. The molecule has 9 nitrogen and oxygen atoms in total. The van der Waals surface area contributed by atoms with Gasteiger partial charge in [0.2, 0.25) is 5.91 Å². The normalized spacial score (nSPS) is 14.8. The summed E-state index contributed by atoms with van der Waals surface area (Å²) in [6, 6.07) is 10.6. The van der Waals surface area contributed by atoms with Gasteiger partial charge in [0, 0.05) is 37.7 Å². The van der Waals surface area contributed by atoms with Crippen LogP contribution < -0.4 is 10.6 Å². The minimum Gasteiger partial charge on any atom is -0.444 e. The van der Waals surface area contributed by atoms with Crippen LogP contribution in [0.2, 0.25) is 0 Å². The van der Waals surface area contributed by atoms with Gasteiger partial charge in [-0.1, -0.05) is 30.3 Å². The van der Waals surface area contributed by atoms with E-state index in [4.69, 9.17) is 10.00 Å². The zero-order valence-corrected chi connectivity index (χ0v) is 19.6. The lowest BCUT2D eigenvalue weighted by Crippen LogP contribution is -2.57. The van der Waals surface area contributed by atoms with Crippen LogP contribution in [0.5, 0.6) is 0 Å². The molecule has 2 N–H and O–H groups in total. The molecule has 174 valence electrons. The van der Waals surface area contributed by atoms with E-state index in [1.807, 2.05) is 57.2 Å². The third kappa shape index (κ3) is 8.67. The largest absolute Gasteiger partial charge is 0.444 e. The van der Waals surface area contributed by atoms with Crippen molar-refractivity contribution in [2.75, 3.05) is 38.5 Å². The molecule has 2 rings (SSSR count). The molecule has 0 radical (unpaired) electrons. The van der Waals surface area contributed by atoms with Gasteiger partial charge in [0.1, 0.15) is 18.2 Å². The van der Waals surface area contributed by atoms with E-state index in [0.29, 0.717) is 37.7 Å². The molecule has 1 fully saturated rings. The summed E-state index contributed by atoms with van der Waals surface area (Å²) < 4.78 is 5.37. The lowest BCUT2D eigenvalue weighted by Gasteiger charge is -2.36. The Labute approximate surface area is 193 Å². The van der Waals surface area contributed by atoms with Gasteiger partial charge in [-0.3, -0.25) is 4.79 Å². The standard InChI is InChI=1S/C22H31N5O4S/c1-22(2,3)31-21(30)27-13-11-26(12-14-27)20(29)25-18(19(28)24-10-9-23)16-32-15-17-7-5-4-6-8-17/h4-8,18H,10-16H2,1-3H3,(H,24,28)(H,25,29). The maximum atomic E-state index is 12.8. The van der Waals surface area contributed by atoms with Crippen LogP contribution in [0, 0.1) is 11.3 Å². The number of thioether (sulfide) groups is 1. The monoisotopic (exact) mass is 461 g/mol. The molecule has 0 bridgehead atoms. The van der Waals surface area contributed by atoms with Gasteiger partial charge in [-0.2, -0.15) is 17.0 Å². The van der Waals surface area contributed by atoms with Gasteiger partial charge in [0.15, 0.2) is 0 Å². The average Bonchev–Trinajstić information content (AvgIpc) is 2.76. The van der Waals surface area contributed by atoms with Crippen LogP contribution in [-0.4, -0.2) is 78.0 Å². The number of amides is 4. The van der Waals surface area contributed by atoms with Crippen LogP contribution in [-0.2, 0) is 15.3 Å². The third-order valence-corrected chi connectivity index (χ3v) is 5.68. The van der Waals surface area contributed by atoms with Gasteiger partial charge < -0.3 is 25.2 Å². The Hall–Kier alpha value is -2.93. The number of nitrogens with zero attached hydrogens (tertiary/aromatic N) is 3. The van der Waals surface area contributed by atoms with Crippen molar-refractivity contribution in [2.24, 2.45) is 0 Å². The summed E-state index contributed by atoms with van der Waals surface area (Å²) in [5.74, 6) is 0.677. The van der Waals surface area contributed by atoms with E-state index >= 15 is 0 Å². The molecule has 10 heteroatoms. The van der Waals surface area contributed by atoms with Crippen molar-refractivity contribution in [3.05, 3.63) is 35.9 Å². The molecule has 1 heterocycles. The quantitative estimate of drug-likeness (QED) is 0.602. The van der Waals surface area contributed by atoms with Crippen LogP contribution >= 0.6 is 11.8 Å². The van der Waals surface area contributed by atoms with E-state index in [-0.39, 0.29) is 12.6 Å². The second kappa shape index (κ2) is 12.2. The lowest BCUT2D eigenvalue weighted by molar-refractivity contribution is -0.122. The fraction of sp³-hybridized carbons (Fsp3) is 0.545. The topological polar surface area (TPSA) is 115 Å². The molecule has 1 atom stereocenters. The highest BCUT2D eigenvalue weighted by molar-refractivity contribution is 7.98. The zero-order valence-electron chi connectivity index (χ0n) is 18.8. The fourth-order valence-corrected chi connectivity index (χ4v) is 3.98. The van der Waals surface area contributed by atoms with Gasteiger partial charge in [0.05, 0.1) is 6.07 Å². The Bertz CT molecular complexity index is 814. The number of nitrogens with one attached hydrogen (secondary N) is 2. The smallest absolute Gasteiger partial charge is 0.410 e. The fourth-order valence-electron chi connectivity index (χ4n) is 2.96. The van der Waals surface area contributed by atoms with Crippen molar-refractivity contribution in [1.82, 2.24) is 20.4 Å². The number of carbonyl (C=O) groups excluding carboxylic acids is 3. The van der Waals surface area contributed by atoms with E-state index in [1.54, 1.807) is 9.80 Å². The molecule has 1 aromatic rings. The van der Waals surface area contributed by atoms with E-state index < -0.39 is 23.6 Å². The van der Waals surface area contributed by atoms with Crippen LogP contribution in [0.1, 0.15) is 26.3 Å². The molecule has 1 aliphatic heterocycles. The molecule has 0 saturated carbocycles. The third-order valence-electron chi connectivity index (χ3n) is 4.57. The van der Waals surface area contributed by atoms with E-state index in [0.717, 1.165) is 5.56 Å². The Kier molecular flexibility index (Phi) is 9.65. The predicted octanol–water partition coefficient (Wildman–Crippen LogP) is 2.19. The number of piperazine rings is 1. The number of hydrogen-bond acceptors (Lipinski definition) is 6. The molecular weight excluding hydrogens is 430 g/mol. The molecule has 32 heavy (non-hydrogen) atoms. The summed E-state index contributed by atoms with van der Waals surface area (Å²) in [7, 11) is 0. The molecule has 1 saturated heterocycles. The van der Waals surface area contributed by atoms with Crippen molar-refractivity contribution in [1.29, 1.82) is 5.26 Å². The Morgan fingerprint density at radius 1 is 1.12 bits per heavy atom. The van der Waals surface area contributed by atoms with Crippen molar-refractivity contribution < 1.29 is 19.1 Å². The van der Waals surface area contributed by atoms with Gasteiger partial charge in [-0.25, -0.2) is 9.59 Å². The van der Waals surface area contributed by atoms with Gasteiger partial charge >= 0.3 is 12.1 Å². The summed E-state index contributed by atoms with van der Waals surface area (Å²) in [6.07, 6.45) is -0.399. The lowest BCUT2D eigenvalue weighted by atomic mass is 10.2. The minimum absolute atomic E-state index is 0.122. The Morgan fingerprint density at radius 3 is 2.34 bits per heavy atom. The maximum absolute atomic E-state index is 12.8. The second-order valence-corrected chi connectivity index (χ2v) is 9.36. The van der Waals surface area contributed by atoms with Crippen molar-refractivity contribution in [3.63, 3.8) is 0 Å². The van der Waals surface area contributed by atoms with Crippen molar-refractivity contribution in [2.45, 2.75) is 38.2 Å². The summed E-state index contributed by atoms with van der Waals surface area (Å²) >= 11 is 1.53.